The van der Waals surface area contributed by atoms with Gasteiger partial charge < -0.3 is 10.2 Å². The third kappa shape index (κ3) is 3.81. The summed E-state index contributed by atoms with van der Waals surface area (Å²) in [6, 6.07) is 6.01. The molecule has 0 atom stereocenters. The summed E-state index contributed by atoms with van der Waals surface area (Å²) in [7, 11) is 0. The van der Waals surface area contributed by atoms with Crippen molar-refractivity contribution in [3.05, 3.63) is 30.1 Å². The van der Waals surface area contributed by atoms with Gasteiger partial charge in [0.2, 0.25) is 11.8 Å². The van der Waals surface area contributed by atoms with Gasteiger partial charge in [-0.15, -0.1) is 0 Å². The van der Waals surface area contributed by atoms with Gasteiger partial charge in [-0.3, -0.25) is 9.59 Å². The van der Waals surface area contributed by atoms with Gasteiger partial charge in [0.15, 0.2) is 0 Å². The number of rotatable bonds is 7. The number of hydrogen-bond donors (Lipinski definition) is 1. The largest absolute Gasteiger partial charge is 0.356 e. The van der Waals surface area contributed by atoms with Crippen molar-refractivity contribution in [2.75, 3.05) is 18.0 Å². The van der Waals surface area contributed by atoms with Crippen LogP contribution in [0.15, 0.2) is 24.3 Å². The van der Waals surface area contributed by atoms with Crippen LogP contribution in [0.1, 0.15) is 58.3 Å². The zero-order valence-corrected chi connectivity index (χ0v) is 16.8. The van der Waals surface area contributed by atoms with Crippen molar-refractivity contribution in [1.29, 1.82) is 0 Å². The van der Waals surface area contributed by atoms with Gasteiger partial charge in [0.25, 0.3) is 0 Å². The molecular weight excluding hydrogens is 355 g/mol. The Hall–Kier alpha value is -1.91. The molecule has 0 radical (unpaired) electrons. The maximum absolute atomic E-state index is 13.1. The predicted molar refractivity (Wildman–Crippen MR) is 107 cm³/mol. The smallest absolute Gasteiger partial charge is 0.227 e. The van der Waals surface area contributed by atoms with E-state index >= 15 is 0 Å². The van der Waals surface area contributed by atoms with Crippen molar-refractivity contribution < 1.29 is 14.0 Å². The number of halogens is 1. The summed E-state index contributed by atoms with van der Waals surface area (Å²) >= 11 is 0. The van der Waals surface area contributed by atoms with Crippen molar-refractivity contribution >= 4 is 17.5 Å². The van der Waals surface area contributed by atoms with E-state index in [1.165, 1.54) is 31.4 Å². The molecule has 4 fully saturated rings. The van der Waals surface area contributed by atoms with Gasteiger partial charge in [0.05, 0.1) is 0 Å². The highest BCUT2D eigenvalue weighted by atomic mass is 19.1. The normalized spacial score (nSPS) is 30.3. The molecule has 4 saturated carbocycles. The molecule has 28 heavy (non-hydrogen) atoms. The molecule has 4 bridgehead atoms. The molecule has 1 N–H and O–H groups in total. The molecule has 0 aliphatic heterocycles. The lowest BCUT2D eigenvalue weighted by Gasteiger charge is -2.55. The number of hydrogen-bond acceptors (Lipinski definition) is 2. The second kappa shape index (κ2) is 7.84. The van der Waals surface area contributed by atoms with Crippen LogP contribution in [0.3, 0.4) is 0 Å². The lowest BCUT2D eigenvalue weighted by atomic mass is 9.49. The Morgan fingerprint density at radius 3 is 2.18 bits per heavy atom. The highest BCUT2D eigenvalue weighted by Gasteiger charge is 2.54. The van der Waals surface area contributed by atoms with Crippen LogP contribution in [0, 0.1) is 29.0 Å². The molecule has 152 valence electrons. The van der Waals surface area contributed by atoms with Crippen LogP contribution in [0.5, 0.6) is 0 Å². The molecule has 0 saturated heterocycles. The van der Waals surface area contributed by atoms with E-state index in [1.807, 2.05) is 6.92 Å². The zero-order chi connectivity index (χ0) is 19.7. The van der Waals surface area contributed by atoms with Crippen molar-refractivity contribution in [3.8, 4) is 0 Å². The van der Waals surface area contributed by atoms with E-state index in [-0.39, 0.29) is 23.0 Å². The fraction of sp³-hybridized carbons (Fsp3) is 0.652. The Morgan fingerprint density at radius 2 is 1.64 bits per heavy atom. The van der Waals surface area contributed by atoms with E-state index in [9.17, 15) is 14.0 Å². The number of nitrogens with one attached hydrogen (secondary N) is 1. The van der Waals surface area contributed by atoms with Gasteiger partial charge in [0, 0.05) is 30.6 Å². The van der Waals surface area contributed by atoms with Gasteiger partial charge in [-0.25, -0.2) is 4.39 Å². The summed E-state index contributed by atoms with van der Waals surface area (Å²) in [6.45, 7) is 3.01. The highest BCUT2D eigenvalue weighted by molar-refractivity contribution is 5.93. The first-order chi connectivity index (χ1) is 13.5. The van der Waals surface area contributed by atoms with Gasteiger partial charge in [-0.2, -0.15) is 0 Å². The summed E-state index contributed by atoms with van der Waals surface area (Å²) in [5, 5.41) is 3.14. The first kappa shape index (κ1) is 19.4. The lowest BCUT2D eigenvalue weighted by molar-refractivity contribution is -0.146. The quantitative estimate of drug-likeness (QED) is 0.711. The zero-order valence-electron chi connectivity index (χ0n) is 16.8. The molecule has 0 unspecified atom stereocenters. The third-order valence-corrected chi connectivity index (χ3v) is 7.13. The summed E-state index contributed by atoms with van der Waals surface area (Å²) in [6.07, 6.45) is 8.21. The summed E-state index contributed by atoms with van der Waals surface area (Å²) in [5.74, 6) is 2.20. The van der Waals surface area contributed by atoms with Gasteiger partial charge in [-0.05, 0) is 93.9 Å². The van der Waals surface area contributed by atoms with Crippen LogP contribution < -0.4 is 10.2 Å². The topological polar surface area (TPSA) is 49.4 Å². The first-order valence-electron chi connectivity index (χ1n) is 10.8. The molecule has 4 nitrogen and oxygen atoms in total. The third-order valence-electron chi connectivity index (χ3n) is 7.13. The van der Waals surface area contributed by atoms with Crippen molar-refractivity contribution in [3.63, 3.8) is 0 Å². The van der Waals surface area contributed by atoms with E-state index in [4.69, 9.17) is 0 Å². The Bertz CT molecular complexity index is 695. The predicted octanol–water partition coefficient (Wildman–Crippen LogP) is 4.29. The molecule has 0 spiro atoms. The van der Waals surface area contributed by atoms with Crippen molar-refractivity contribution in [2.45, 2.75) is 58.3 Å². The molecule has 4 aliphatic rings. The first-order valence-corrected chi connectivity index (χ1v) is 10.8. The number of carbonyl (C=O) groups is 2. The van der Waals surface area contributed by atoms with Gasteiger partial charge in [-0.1, -0.05) is 0 Å². The standard InChI is InChI=1S/C23H31FN2O2/c1-2-26(20-7-5-19(24)6-8-20)21(27)4-3-9-25-22(28)23-13-16-10-17(14-23)12-18(11-16)15-23/h5-8,16-18H,2-4,9-15H2,1H3,(H,25,28). The van der Waals surface area contributed by atoms with Crippen LogP contribution in [0.25, 0.3) is 0 Å². The summed E-state index contributed by atoms with van der Waals surface area (Å²) in [4.78, 5) is 27.2. The number of anilines is 1. The summed E-state index contributed by atoms with van der Waals surface area (Å²) in [5.41, 5.74) is 0.592. The van der Waals surface area contributed by atoms with Gasteiger partial charge in [0.1, 0.15) is 5.82 Å². The maximum atomic E-state index is 13.1. The Kier molecular flexibility index (Phi) is 5.44. The molecule has 5 heteroatoms. The molecule has 0 aromatic heterocycles. The molecule has 1 aromatic rings. The Morgan fingerprint density at radius 1 is 1.07 bits per heavy atom. The van der Waals surface area contributed by atoms with Crippen LogP contribution in [0.4, 0.5) is 10.1 Å². The maximum Gasteiger partial charge on any atom is 0.227 e. The number of nitrogens with zero attached hydrogens (tertiary/aromatic N) is 1. The average Bonchev–Trinajstić information content (AvgIpc) is 2.66. The Balaban J connectivity index is 1.25. The molecule has 1 aromatic carbocycles. The van der Waals surface area contributed by atoms with Gasteiger partial charge >= 0.3 is 0 Å². The van der Waals surface area contributed by atoms with Crippen molar-refractivity contribution in [2.24, 2.45) is 23.2 Å². The average molecular weight is 387 g/mol. The SMILES string of the molecule is CCN(C(=O)CCCNC(=O)C12CC3CC(CC(C3)C1)C2)c1ccc(F)cc1. The summed E-state index contributed by atoms with van der Waals surface area (Å²) < 4.78 is 13.1. The molecule has 5 rings (SSSR count). The van der Waals surface area contributed by atoms with Crippen LogP contribution >= 0.6 is 0 Å². The van der Waals surface area contributed by atoms with E-state index in [1.54, 1.807) is 17.0 Å². The monoisotopic (exact) mass is 386 g/mol. The number of carbonyl (C=O) groups excluding carboxylic acids is 2. The lowest BCUT2D eigenvalue weighted by Crippen LogP contribution is -2.53. The van der Waals surface area contributed by atoms with Crippen molar-refractivity contribution in [1.82, 2.24) is 5.32 Å². The fourth-order valence-electron chi connectivity index (χ4n) is 6.28. The van der Waals surface area contributed by atoms with Crippen LogP contribution in [-0.2, 0) is 9.59 Å². The molecule has 4 aliphatic carbocycles. The molecule has 0 heterocycles. The minimum atomic E-state index is -0.306. The molecule has 2 amide bonds. The minimum absolute atomic E-state index is 0.0122. The number of benzene rings is 1. The van der Waals surface area contributed by atoms with E-state index in [2.05, 4.69) is 5.32 Å². The Labute approximate surface area is 166 Å². The highest BCUT2D eigenvalue weighted by Crippen LogP contribution is 2.60. The molecular formula is C23H31FN2O2. The second-order valence-corrected chi connectivity index (χ2v) is 9.17. The van der Waals surface area contributed by atoms with E-state index in [0.29, 0.717) is 31.6 Å². The second-order valence-electron chi connectivity index (χ2n) is 9.17. The number of amides is 2. The minimum Gasteiger partial charge on any atom is -0.356 e. The van der Waals surface area contributed by atoms with Crippen LogP contribution in [-0.4, -0.2) is 24.9 Å². The van der Waals surface area contributed by atoms with E-state index < -0.39 is 0 Å². The van der Waals surface area contributed by atoms with Crippen LogP contribution in [0.2, 0.25) is 0 Å². The fourth-order valence-corrected chi connectivity index (χ4v) is 6.28. The van der Waals surface area contributed by atoms with E-state index in [0.717, 1.165) is 37.0 Å².